The van der Waals surface area contributed by atoms with Gasteiger partial charge in [0.15, 0.2) is 5.96 Å². The number of hydrogen-bond donors (Lipinski definition) is 2. The Balaban J connectivity index is 2.24. The van der Waals surface area contributed by atoms with Crippen molar-refractivity contribution in [2.45, 2.75) is 19.8 Å². The van der Waals surface area contributed by atoms with E-state index in [2.05, 4.69) is 15.6 Å². The molecular weight excluding hydrogens is 348 g/mol. The molecule has 0 aromatic heterocycles. The van der Waals surface area contributed by atoms with Crippen LogP contribution in [-0.2, 0) is 16.4 Å². The fraction of sp³-hybridized carbons (Fsp3) is 0.562. The maximum atomic E-state index is 11.6. The first-order valence-electron chi connectivity index (χ1n) is 8.02. The summed E-state index contributed by atoms with van der Waals surface area (Å²) in [6.07, 6.45) is 1.59. The van der Waals surface area contributed by atoms with E-state index >= 15 is 0 Å². The van der Waals surface area contributed by atoms with Crippen LogP contribution in [0.2, 0.25) is 5.02 Å². The lowest BCUT2D eigenvalue weighted by molar-refractivity contribution is 0.461. The van der Waals surface area contributed by atoms with Crippen molar-refractivity contribution < 1.29 is 8.42 Å². The minimum atomic E-state index is -3.10. The number of sulfonamides is 1. The summed E-state index contributed by atoms with van der Waals surface area (Å²) in [6, 6.07) is 7.77. The highest BCUT2D eigenvalue weighted by atomic mass is 35.5. The third-order valence-electron chi connectivity index (χ3n) is 3.62. The van der Waals surface area contributed by atoms with Crippen molar-refractivity contribution in [3.8, 4) is 0 Å². The topological polar surface area (TPSA) is 73.8 Å². The fourth-order valence-corrected chi connectivity index (χ4v) is 3.04. The van der Waals surface area contributed by atoms with Crippen LogP contribution in [0.4, 0.5) is 0 Å². The Morgan fingerprint density at radius 2 is 1.83 bits per heavy atom. The molecule has 0 radical (unpaired) electrons. The highest BCUT2D eigenvalue weighted by Gasteiger charge is 2.13. The van der Waals surface area contributed by atoms with Gasteiger partial charge >= 0.3 is 0 Å². The third kappa shape index (κ3) is 7.51. The summed E-state index contributed by atoms with van der Waals surface area (Å²) in [6.45, 7) is 3.55. The van der Waals surface area contributed by atoms with Crippen LogP contribution < -0.4 is 10.6 Å². The summed E-state index contributed by atoms with van der Waals surface area (Å²) in [5.41, 5.74) is 1.20. The van der Waals surface area contributed by atoms with E-state index in [1.54, 1.807) is 21.0 Å². The lowest BCUT2D eigenvalue weighted by Gasteiger charge is -2.16. The highest BCUT2D eigenvalue weighted by molar-refractivity contribution is 7.89. The van der Waals surface area contributed by atoms with Gasteiger partial charge < -0.3 is 10.6 Å². The Hall–Kier alpha value is -1.31. The molecular formula is C16H27ClN4O2S. The summed E-state index contributed by atoms with van der Waals surface area (Å²) in [7, 11) is 0.221. The summed E-state index contributed by atoms with van der Waals surface area (Å²) in [4.78, 5) is 4.16. The predicted molar refractivity (Wildman–Crippen MR) is 101 cm³/mol. The molecule has 8 heteroatoms. The van der Waals surface area contributed by atoms with Gasteiger partial charge in [-0.15, -0.1) is 0 Å². The first-order chi connectivity index (χ1) is 11.4. The monoisotopic (exact) mass is 374 g/mol. The van der Waals surface area contributed by atoms with Gasteiger partial charge in [0, 0.05) is 38.8 Å². The van der Waals surface area contributed by atoms with Crippen LogP contribution in [0.5, 0.6) is 0 Å². The van der Waals surface area contributed by atoms with E-state index in [9.17, 15) is 8.42 Å². The standard InChI is InChI=1S/C16H27ClN4O2S/c1-4-24(22,23)21(3)13-5-11-19-16(18-2)20-12-10-14-6-8-15(17)9-7-14/h6-9H,4-5,10-13H2,1-3H3,(H2,18,19,20). The molecule has 1 aromatic rings. The number of rotatable bonds is 9. The van der Waals surface area contributed by atoms with E-state index in [4.69, 9.17) is 11.6 Å². The van der Waals surface area contributed by atoms with Gasteiger partial charge in [-0.1, -0.05) is 23.7 Å². The summed E-state index contributed by atoms with van der Waals surface area (Å²) >= 11 is 5.86. The first-order valence-corrected chi connectivity index (χ1v) is 10.0. The van der Waals surface area contributed by atoms with E-state index in [0.717, 1.165) is 18.0 Å². The molecule has 136 valence electrons. The van der Waals surface area contributed by atoms with Crippen LogP contribution in [-0.4, -0.2) is 58.2 Å². The summed E-state index contributed by atoms with van der Waals surface area (Å²) in [5, 5.41) is 7.16. The van der Waals surface area contributed by atoms with Crippen LogP contribution >= 0.6 is 11.6 Å². The lowest BCUT2D eigenvalue weighted by Crippen LogP contribution is -2.39. The van der Waals surface area contributed by atoms with Crippen molar-refractivity contribution in [2.75, 3.05) is 39.5 Å². The van der Waals surface area contributed by atoms with Gasteiger partial charge in [-0.3, -0.25) is 4.99 Å². The van der Waals surface area contributed by atoms with Gasteiger partial charge in [-0.25, -0.2) is 12.7 Å². The molecule has 1 rings (SSSR count). The van der Waals surface area contributed by atoms with Gasteiger partial charge in [-0.05, 0) is 37.5 Å². The minimum absolute atomic E-state index is 0.130. The average molecular weight is 375 g/mol. The molecule has 0 fully saturated rings. The molecule has 0 aliphatic heterocycles. The number of guanidine groups is 1. The Kier molecular flexibility index (Phi) is 9.10. The van der Waals surface area contributed by atoms with E-state index in [0.29, 0.717) is 25.5 Å². The van der Waals surface area contributed by atoms with Crippen molar-refractivity contribution in [1.82, 2.24) is 14.9 Å². The quantitative estimate of drug-likeness (QED) is 0.392. The normalized spacial score (nSPS) is 12.5. The Bertz CT molecular complexity index is 617. The zero-order valence-corrected chi connectivity index (χ0v) is 16.1. The Morgan fingerprint density at radius 1 is 1.21 bits per heavy atom. The molecule has 6 nitrogen and oxygen atoms in total. The number of aliphatic imine (C=N–C) groups is 1. The van der Waals surface area contributed by atoms with Crippen LogP contribution in [0.15, 0.2) is 29.3 Å². The molecule has 24 heavy (non-hydrogen) atoms. The molecule has 0 spiro atoms. The Labute approximate surface area is 150 Å². The molecule has 0 aliphatic rings. The molecule has 0 saturated heterocycles. The third-order valence-corrected chi connectivity index (χ3v) is 5.74. The number of nitrogens with zero attached hydrogens (tertiary/aromatic N) is 2. The molecule has 0 atom stereocenters. The average Bonchev–Trinajstić information content (AvgIpc) is 2.58. The lowest BCUT2D eigenvalue weighted by atomic mass is 10.1. The molecule has 0 saturated carbocycles. The fourth-order valence-electron chi connectivity index (χ4n) is 2.06. The first kappa shape index (κ1) is 20.7. The predicted octanol–water partition coefficient (Wildman–Crippen LogP) is 1.72. The van der Waals surface area contributed by atoms with Crippen molar-refractivity contribution in [3.05, 3.63) is 34.9 Å². The summed E-state index contributed by atoms with van der Waals surface area (Å²) < 4.78 is 24.7. The van der Waals surface area contributed by atoms with Gasteiger partial charge in [0.1, 0.15) is 0 Å². The van der Waals surface area contributed by atoms with Crippen LogP contribution in [0.3, 0.4) is 0 Å². The number of halogens is 1. The molecule has 0 bridgehead atoms. The number of nitrogens with one attached hydrogen (secondary N) is 2. The number of benzene rings is 1. The molecule has 0 aliphatic carbocycles. The van der Waals surface area contributed by atoms with E-state index in [1.807, 2.05) is 24.3 Å². The SMILES string of the molecule is CCS(=O)(=O)N(C)CCCNC(=NC)NCCc1ccc(Cl)cc1. The largest absolute Gasteiger partial charge is 0.356 e. The van der Waals surface area contributed by atoms with Crippen molar-refractivity contribution in [1.29, 1.82) is 0 Å². The van der Waals surface area contributed by atoms with E-state index in [1.165, 1.54) is 9.87 Å². The van der Waals surface area contributed by atoms with Gasteiger partial charge in [0.05, 0.1) is 5.75 Å². The summed E-state index contributed by atoms with van der Waals surface area (Å²) in [5.74, 6) is 0.843. The molecule has 0 amide bonds. The van der Waals surface area contributed by atoms with Crippen molar-refractivity contribution >= 4 is 27.6 Å². The number of hydrogen-bond acceptors (Lipinski definition) is 3. The van der Waals surface area contributed by atoms with Crippen molar-refractivity contribution in [2.24, 2.45) is 4.99 Å². The van der Waals surface area contributed by atoms with Crippen LogP contribution in [0.25, 0.3) is 0 Å². The minimum Gasteiger partial charge on any atom is -0.356 e. The zero-order valence-electron chi connectivity index (χ0n) is 14.5. The smallest absolute Gasteiger partial charge is 0.213 e. The van der Waals surface area contributed by atoms with Gasteiger partial charge in [-0.2, -0.15) is 0 Å². The second-order valence-electron chi connectivity index (χ2n) is 5.38. The van der Waals surface area contributed by atoms with Crippen LogP contribution in [0.1, 0.15) is 18.9 Å². The second kappa shape index (κ2) is 10.5. The van der Waals surface area contributed by atoms with Crippen molar-refractivity contribution in [3.63, 3.8) is 0 Å². The molecule has 1 aromatic carbocycles. The second-order valence-corrected chi connectivity index (χ2v) is 8.18. The molecule has 0 unspecified atom stereocenters. The Morgan fingerprint density at radius 3 is 2.42 bits per heavy atom. The zero-order chi connectivity index (χ0) is 18.0. The van der Waals surface area contributed by atoms with E-state index < -0.39 is 10.0 Å². The van der Waals surface area contributed by atoms with Gasteiger partial charge in [0.2, 0.25) is 10.0 Å². The van der Waals surface area contributed by atoms with Crippen LogP contribution in [0, 0.1) is 0 Å². The van der Waals surface area contributed by atoms with E-state index in [-0.39, 0.29) is 5.75 Å². The maximum Gasteiger partial charge on any atom is 0.213 e. The highest BCUT2D eigenvalue weighted by Crippen LogP contribution is 2.09. The maximum absolute atomic E-state index is 11.6. The molecule has 0 heterocycles. The van der Waals surface area contributed by atoms with Gasteiger partial charge in [0.25, 0.3) is 0 Å². The molecule has 2 N–H and O–H groups in total.